The second kappa shape index (κ2) is 8.10. The Hall–Kier alpha value is -2.05. The Kier molecular flexibility index (Phi) is 5.84. The fourth-order valence-corrected chi connectivity index (χ4v) is 3.71. The van der Waals surface area contributed by atoms with E-state index in [2.05, 4.69) is 10.4 Å². The Bertz CT molecular complexity index is 822. The lowest BCUT2D eigenvalue weighted by Gasteiger charge is -2.27. The van der Waals surface area contributed by atoms with Crippen LogP contribution in [0.2, 0.25) is 10.0 Å². The zero-order valence-electron chi connectivity index (χ0n) is 14.0. The van der Waals surface area contributed by atoms with Gasteiger partial charge in [-0.25, -0.2) is 0 Å². The number of amides is 1. The molecule has 2 unspecified atom stereocenters. The molecule has 138 valence electrons. The number of nitrogens with zero attached hydrogens (tertiary/aromatic N) is 2. The number of halogens is 2. The molecule has 0 saturated heterocycles. The molecule has 1 aliphatic rings. The fourth-order valence-electron chi connectivity index (χ4n) is 3.31. The van der Waals surface area contributed by atoms with Gasteiger partial charge in [-0.3, -0.25) is 14.3 Å². The average molecular weight is 396 g/mol. The van der Waals surface area contributed by atoms with Crippen molar-refractivity contribution in [3.8, 4) is 0 Å². The van der Waals surface area contributed by atoms with Crippen LogP contribution in [0.15, 0.2) is 30.5 Å². The number of carboxylic acid groups (broad SMARTS) is 1. The van der Waals surface area contributed by atoms with E-state index < -0.39 is 17.8 Å². The molecule has 0 radical (unpaired) electrons. The smallest absolute Gasteiger partial charge is 0.307 e. The highest BCUT2D eigenvalue weighted by Crippen LogP contribution is 2.32. The number of carboxylic acids is 1. The van der Waals surface area contributed by atoms with Crippen molar-refractivity contribution in [2.45, 2.75) is 32.2 Å². The summed E-state index contributed by atoms with van der Waals surface area (Å²) in [7, 11) is 0. The van der Waals surface area contributed by atoms with Crippen molar-refractivity contribution in [1.82, 2.24) is 9.78 Å². The van der Waals surface area contributed by atoms with Gasteiger partial charge in [0.05, 0.1) is 18.4 Å². The molecule has 1 heterocycles. The first-order valence-corrected chi connectivity index (χ1v) is 9.21. The van der Waals surface area contributed by atoms with Gasteiger partial charge in [-0.05, 0) is 24.5 Å². The van der Waals surface area contributed by atoms with Gasteiger partial charge in [0.25, 0.3) is 0 Å². The van der Waals surface area contributed by atoms with Gasteiger partial charge in [-0.2, -0.15) is 5.10 Å². The highest BCUT2D eigenvalue weighted by Gasteiger charge is 2.36. The summed E-state index contributed by atoms with van der Waals surface area (Å²) in [6.07, 6.45) is 4.35. The molecule has 3 rings (SSSR count). The summed E-state index contributed by atoms with van der Waals surface area (Å²) in [4.78, 5) is 23.9. The average Bonchev–Trinajstić information content (AvgIpc) is 2.96. The van der Waals surface area contributed by atoms with Crippen molar-refractivity contribution in [1.29, 1.82) is 0 Å². The number of rotatable bonds is 5. The first-order valence-electron chi connectivity index (χ1n) is 8.45. The largest absolute Gasteiger partial charge is 0.481 e. The molecule has 1 aromatic carbocycles. The quantitative estimate of drug-likeness (QED) is 0.798. The fraction of sp³-hybridized carbons (Fsp3) is 0.389. The minimum atomic E-state index is -0.930. The van der Waals surface area contributed by atoms with Crippen LogP contribution in [0.4, 0.5) is 5.82 Å². The van der Waals surface area contributed by atoms with Crippen molar-refractivity contribution < 1.29 is 14.7 Å². The van der Waals surface area contributed by atoms with Crippen molar-refractivity contribution >= 4 is 40.9 Å². The van der Waals surface area contributed by atoms with E-state index in [0.29, 0.717) is 29.4 Å². The molecule has 0 bridgehead atoms. The van der Waals surface area contributed by atoms with E-state index in [1.807, 2.05) is 18.2 Å². The van der Waals surface area contributed by atoms with E-state index in [0.717, 1.165) is 18.4 Å². The van der Waals surface area contributed by atoms with Gasteiger partial charge < -0.3 is 10.4 Å². The summed E-state index contributed by atoms with van der Waals surface area (Å²) < 4.78 is 1.59. The minimum Gasteiger partial charge on any atom is -0.481 e. The van der Waals surface area contributed by atoms with Crippen LogP contribution in [-0.2, 0) is 16.1 Å². The van der Waals surface area contributed by atoms with Crippen molar-refractivity contribution in [2.24, 2.45) is 11.8 Å². The lowest BCUT2D eigenvalue weighted by molar-refractivity contribution is -0.147. The molecule has 1 aromatic heterocycles. The number of carbonyl (C=O) groups is 2. The van der Waals surface area contributed by atoms with Crippen molar-refractivity contribution in [2.75, 3.05) is 5.32 Å². The van der Waals surface area contributed by atoms with E-state index in [-0.39, 0.29) is 11.7 Å². The highest BCUT2D eigenvalue weighted by molar-refractivity contribution is 6.33. The third-order valence-corrected chi connectivity index (χ3v) is 5.31. The van der Waals surface area contributed by atoms with Gasteiger partial charge in [0, 0.05) is 11.2 Å². The standard InChI is InChI=1S/C18H19Cl2N3O3/c19-14-8-4-1-5-11(14)9-23-10-15(20)16(22-23)21-17(24)12-6-2-3-7-13(12)18(25)26/h1,4-5,8,10,12-13H,2-3,6-7,9H2,(H,25,26)(H,21,22,24). The van der Waals surface area contributed by atoms with Crippen molar-refractivity contribution in [3.63, 3.8) is 0 Å². The predicted octanol–water partition coefficient (Wildman–Crippen LogP) is 4.07. The van der Waals surface area contributed by atoms with Crippen LogP contribution < -0.4 is 5.32 Å². The van der Waals surface area contributed by atoms with E-state index in [9.17, 15) is 14.7 Å². The number of hydrogen-bond acceptors (Lipinski definition) is 3. The summed E-state index contributed by atoms with van der Waals surface area (Å²) in [5, 5.41) is 17.2. The Labute approximate surface area is 161 Å². The lowest BCUT2D eigenvalue weighted by atomic mass is 9.79. The van der Waals surface area contributed by atoms with Gasteiger partial charge in [0.2, 0.25) is 5.91 Å². The first kappa shape index (κ1) is 18.7. The molecule has 0 aliphatic heterocycles. The van der Waals surface area contributed by atoms with Crippen LogP contribution in [0.3, 0.4) is 0 Å². The van der Waals surface area contributed by atoms with Crippen LogP contribution in [0, 0.1) is 11.8 Å². The zero-order valence-corrected chi connectivity index (χ0v) is 15.5. The second-order valence-electron chi connectivity index (χ2n) is 6.44. The zero-order chi connectivity index (χ0) is 18.7. The van der Waals surface area contributed by atoms with Crippen molar-refractivity contribution in [3.05, 3.63) is 46.1 Å². The van der Waals surface area contributed by atoms with Gasteiger partial charge in [0.15, 0.2) is 5.82 Å². The third kappa shape index (κ3) is 4.19. The normalized spacial score (nSPS) is 19.9. The maximum atomic E-state index is 12.6. The molecular formula is C18H19Cl2N3O3. The number of nitrogens with one attached hydrogen (secondary N) is 1. The minimum absolute atomic E-state index is 0.235. The number of aliphatic carboxylic acids is 1. The molecule has 2 atom stereocenters. The third-order valence-electron chi connectivity index (χ3n) is 4.67. The molecule has 6 nitrogen and oxygen atoms in total. The Morgan fingerprint density at radius 2 is 1.85 bits per heavy atom. The van der Waals surface area contributed by atoms with Crippen LogP contribution in [0.25, 0.3) is 0 Å². The monoisotopic (exact) mass is 395 g/mol. The van der Waals surface area contributed by atoms with Crippen LogP contribution in [0.5, 0.6) is 0 Å². The second-order valence-corrected chi connectivity index (χ2v) is 7.25. The molecule has 1 saturated carbocycles. The predicted molar refractivity (Wildman–Crippen MR) is 99.5 cm³/mol. The number of benzene rings is 1. The Balaban J connectivity index is 1.72. The van der Waals surface area contributed by atoms with Gasteiger partial charge in [-0.15, -0.1) is 0 Å². The summed E-state index contributed by atoms with van der Waals surface area (Å²) in [6, 6.07) is 7.40. The SMILES string of the molecule is O=C(O)C1CCCCC1C(=O)Nc1nn(Cc2ccccc2Cl)cc1Cl. The molecule has 8 heteroatoms. The highest BCUT2D eigenvalue weighted by atomic mass is 35.5. The van der Waals surface area contributed by atoms with Gasteiger partial charge >= 0.3 is 5.97 Å². The van der Waals surface area contributed by atoms with Crippen LogP contribution in [-0.4, -0.2) is 26.8 Å². The van der Waals surface area contributed by atoms with Gasteiger partial charge in [0.1, 0.15) is 5.02 Å². The first-order chi connectivity index (χ1) is 12.5. The topological polar surface area (TPSA) is 84.2 Å². The Morgan fingerprint density at radius 1 is 1.15 bits per heavy atom. The van der Waals surface area contributed by atoms with Crippen LogP contribution >= 0.6 is 23.2 Å². The molecule has 1 aliphatic carbocycles. The molecule has 2 aromatic rings. The molecule has 26 heavy (non-hydrogen) atoms. The molecule has 0 spiro atoms. The summed E-state index contributed by atoms with van der Waals surface area (Å²) >= 11 is 12.3. The Morgan fingerprint density at radius 3 is 2.54 bits per heavy atom. The van der Waals surface area contributed by atoms with Crippen LogP contribution in [0.1, 0.15) is 31.2 Å². The number of carbonyl (C=O) groups excluding carboxylic acids is 1. The van der Waals surface area contributed by atoms with E-state index in [1.165, 1.54) is 0 Å². The van der Waals surface area contributed by atoms with E-state index >= 15 is 0 Å². The summed E-state index contributed by atoms with van der Waals surface area (Å²) in [5.41, 5.74) is 0.879. The number of aromatic nitrogens is 2. The number of anilines is 1. The van der Waals surface area contributed by atoms with Gasteiger partial charge in [-0.1, -0.05) is 54.2 Å². The lowest BCUT2D eigenvalue weighted by Crippen LogP contribution is -2.36. The maximum Gasteiger partial charge on any atom is 0.307 e. The molecule has 1 fully saturated rings. The summed E-state index contributed by atoms with van der Waals surface area (Å²) in [5.74, 6) is -2.26. The number of hydrogen-bond donors (Lipinski definition) is 2. The molecule has 2 N–H and O–H groups in total. The molecular weight excluding hydrogens is 377 g/mol. The van der Waals surface area contributed by atoms with E-state index in [4.69, 9.17) is 23.2 Å². The molecule has 1 amide bonds. The summed E-state index contributed by atoms with van der Waals surface area (Å²) in [6.45, 7) is 0.413. The van der Waals surface area contributed by atoms with E-state index in [1.54, 1.807) is 16.9 Å². The maximum absolute atomic E-state index is 12.6.